The molecule has 0 saturated carbocycles. The van der Waals surface area contributed by atoms with Crippen LogP contribution in [0.4, 0.5) is 5.69 Å². The van der Waals surface area contributed by atoms with Crippen LogP contribution in [0.15, 0.2) is 57.0 Å². The number of carbonyl (C=O) groups excluding carboxylic acids is 1. The van der Waals surface area contributed by atoms with Gasteiger partial charge in [0.25, 0.3) is 0 Å². The molecular formula is C12H9NO2S. The van der Waals surface area contributed by atoms with Crippen LogP contribution in [0.1, 0.15) is 5.76 Å². The summed E-state index contributed by atoms with van der Waals surface area (Å²) in [5.74, 6) is 1.74. The van der Waals surface area contributed by atoms with Crippen molar-refractivity contribution in [2.75, 3.05) is 0 Å². The fourth-order valence-electron chi connectivity index (χ4n) is 1.22. The molecule has 2 rings (SSSR count). The maximum atomic E-state index is 10.0. The van der Waals surface area contributed by atoms with E-state index in [2.05, 4.69) is 4.99 Å². The summed E-state index contributed by atoms with van der Waals surface area (Å²) in [5, 5.41) is 0. The molecule has 0 unspecified atom stereocenters. The molecule has 0 atom stereocenters. The molecule has 2 aromatic rings. The average molecular weight is 231 g/mol. The van der Waals surface area contributed by atoms with E-state index in [1.807, 2.05) is 24.3 Å². The SMILES string of the molecule is O=C=Nc1ccc(SCc2ccco2)cc1. The largest absolute Gasteiger partial charge is 0.468 e. The summed E-state index contributed by atoms with van der Waals surface area (Å²) in [5.41, 5.74) is 0.623. The molecule has 0 aliphatic carbocycles. The molecule has 4 heteroatoms. The molecule has 0 bridgehead atoms. The second-order valence-corrected chi connectivity index (χ2v) is 4.11. The van der Waals surface area contributed by atoms with Crippen LogP contribution in [0.25, 0.3) is 0 Å². The van der Waals surface area contributed by atoms with Crippen molar-refractivity contribution >= 4 is 23.5 Å². The first-order valence-electron chi connectivity index (χ1n) is 4.71. The molecule has 3 nitrogen and oxygen atoms in total. The molecule has 1 aromatic carbocycles. The van der Waals surface area contributed by atoms with Crippen molar-refractivity contribution in [3.05, 3.63) is 48.4 Å². The van der Waals surface area contributed by atoms with Crippen LogP contribution >= 0.6 is 11.8 Å². The first-order chi connectivity index (χ1) is 7.88. The number of isocyanates is 1. The van der Waals surface area contributed by atoms with Gasteiger partial charge in [0.1, 0.15) is 5.76 Å². The second-order valence-electron chi connectivity index (χ2n) is 3.07. The maximum Gasteiger partial charge on any atom is 0.240 e. The highest BCUT2D eigenvalue weighted by molar-refractivity contribution is 7.98. The molecule has 1 heterocycles. The van der Waals surface area contributed by atoms with E-state index in [0.717, 1.165) is 16.4 Å². The lowest BCUT2D eigenvalue weighted by molar-refractivity contribution is 0.530. The molecule has 0 amide bonds. The molecular weight excluding hydrogens is 222 g/mol. The summed E-state index contributed by atoms with van der Waals surface area (Å²) in [6, 6.07) is 11.2. The Bertz CT molecular complexity index is 484. The average Bonchev–Trinajstić information content (AvgIpc) is 2.82. The van der Waals surface area contributed by atoms with Crippen molar-refractivity contribution in [1.82, 2.24) is 0 Å². The molecule has 0 N–H and O–H groups in total. The molecule has 0 spiro atoms. The van der Waals surface area contributed by atoms with E-state index in [0.29, 0.717) is 5.69 Å². The van der Waals surface area contributed by atoms with Gasteiger partial charge in [-0.2, -0.15) is 4.99 Å². The lowest BCUT2D eigenvalue weighted by atomic mass is 10.3. The van der Waals surface area contributed by atoms with E-state index in [1.165, 1.54) is 6.08 Å². The Balaban J connectivity index is 1.97. The van der Waals surface area contributed by atoms with Crippen molar-refractivity contribution in [2.24, 2.45) is 4.99 Å². The first kappa shape index (κ1) is 10.7. The highest BCUT2D eigenvalue weighted by Gasteiger charge is 1.98. The lowest BCUT2D eigenvalue weighted by Gasteiger charge is -1.99. The van der Waals surface area contributed by atoms with Crippen molar-refractivity contribution in [3.8, 4) is 0 Å². The second kappa shape index (κ2) is 5.35. The van der Waals surface area contributed by atoms with E-state index in [4.69, 9.17) is 4.42 Å². The zero-order valence-electron chi connectivity index (χ0n) is 8.42. The molecule has 0 aliphatic heterocycles. The number of hydrogen-bond donors (Lipinski definition) is 0. The van der Waals surface area contributed by atoms with Gasteiger partial charge in [-0.05, 0) is 36.4 Å². The van der Waals surface area contributed by atoms with E-state index in [1.54, 1.807) is 30.2 Å². The van der Waals surface area contributed by atoms with Gasteiger partial charge in [-0.3, -0.25) is 0 Å². The molecule has 0 saturated heterocycles. The van der Waals surface area contributed by atoms with Crippen LogP contribution in [0, 0.1) is 0 Å². The molecule has 80 valence electrons. The molecule has 0 aliphatic rings. The normalized spacial score (nSPS) is 9.75. The fraction of sp³-hybridized carbons (Fsp3) is 0.0833. The molecule has 1 aromatic heterocycles. The van der Waals surface area contributed by atoms with E-state index < -0.39 is 0 Å². The number of furan rings is 1. The predicted molar refractivity (Wildman–Crippen MR) is 62.5 cm³/mol. The topological polar surface area (TPSA) is 42.6 Å². The van der Waals surface area contributed by atoms with Gasteiger partial charge >= 0.3 is 0 Å². The monoisotopic (exact) mass is 231 g/mol. The highest BCUT2D eigenvalue weighted by atomic mass is 32.2. The summed E-state index contributed by atoms with van der Waals surface area (Å²) in [4.78, 5) is 14.7. The third-order valence-corrected chi connectivity index (χ3v) is 3.01. The van der Waals surface area contributed by atoms with Crippen LogP contribution < -0.4 is 0 Å². The summed E-state index contributed by atoms with van der Waals surface area (Å²) in [7, 11) is 0. The van der Waals surface area contributed by atoms with Crippen LogP contribution in [0.5, 0.6) is 0 Å². The number of aliphatic imine (C=N–C) groups is 1. The van der Waals surface area contributed by atoms with Crippen molar-refractivity contribution < 1.29 is 9.21 Å². The third kappa shape index (κ3) is 2.86. The van der Waals surface area contributed by atoms with Gasteiger partial charge in [-0.15, -0.1) is 11.8 Å². The number of benzene rings is 1. The minimum Gasteiger partial charge on any atom is -0.468 e. The zero-order valence-corrected chi connectivity index (χ0v) is 9.24. The summed E-state index contributed by atoms with van der Waals surface area (Å²) in [6.45, 7) is 0. The van der Waals surface area contributed by atoms with E-state index in [-0.39, 0.29) is 0 Å². The Morgan fingerprint density at radius 2 is 2.06 bits per heavy atom. The van der Waals surface area contributed by atoms with Crippen LogP contribution in [-0.4, -0.2) is 6.08 Å². The number of thioether (sulfide) groups is 1. The smallest absolute Gasteiger partial charge is 0.240 e. The van der Waals surface area contributed by atoms with Gasteiger partial charge in [0.05, 0.1) is 17.7 Å². The van der Waals surface area contributed by atoms with Gasteiger partial charge in [0.15, 0.2) is 0 Å². The molecule has 0 fully saturated rings. The quantitative estimate of drug-likeness (QED) is 0.459. The van der Waals surface area contributed by atoms with E-state index in [9.17, 15) is 4.79 Å². The third-order valence-electron chi connectivity index (χ3n) is 1.97. The highest BCUT2D eigenvalue weighted by Crippen LogP contribution is 2.24. The Hall–Kier alpha value is -1.77. The Kier molecular flexibility index (Phi) is 3.59. The maximum absolute atomic E-state index is 10.0. The predicted octanol–water partition coefficient (Wildman–Crippen LogP) is 3.54. The Morgan fingerprint density at radius 1 is 1.25 bits per heavy atom. The van der Waals surface area contributed by atoms with Crippen molar-refractivity contribution in [1.29, 1.82) is 0 Å². The van der Waals surface area contributed by atoms with Gasteiger partial charge in [-0.25, -0.2) is 4.79 Å². The molecule has 16 heavy (non-hydrogen) atoms. The van der Waals surface area contributed by atoms with Crippen molar-refractivity contribution in [3.63, 3.8) is 0 Å². The molecule has 0 radical (unpaired) electrons. The summed E-state index contributed by atoms with van der Waals surface area (Å²) >= 11 is 1.67. The van der Waals surface area contributed by atoms with E-state index >= 15 is 0 Å². The van der Waals surface area contributed by atoms with Gasteiger partial charge in [-0.1, -0.05) is 0 Å². The standard InChI is InChI=1S/C12H9NO2S/c14-9-13-10-3-5-12(6-4-10)16-8-11-2-1-7-15-11/h1-7H,8H2. The zero-order chi connectivity index (χ0) is 11.2. The van der Waals surface area contributed by atoms with Crippen LogP contribution in [0.2, 0.25) is 0 Å². The Labute approximate surface area is 97.2 Å². The summed E-state index contributed by atoms with van der Waals surface area (Å²) in [6.07, 6.45) is 3.18. The number of nitrogens with zero attached hydrogens (tertiary/aromatic N) is 1. The van der Waals surface area contributed by atoms with Crippen LogP contribution in [-0.2, 0) is 10.5 Å². The van der Waals surface area contributed by atoms with Crippen molar-refractivity contribution in [2.45, 2.75) is 10.6 Å². The minimum absolute atomic E-state index is 0.623. The van der Waals surface area contributed by atoms with Gasteiger partial charge in [0.2, 0.25) is 6.08 Å². The number of rotatable bonds is 4. The van der Waals surface area contributed by atoms with Crippen LogP contribution in [0.3, 0.4) is 0 Å². The van der Waals surface area contributed by atoms with Gasteiger partial charge in [0, 0.05) is 4.90 Å². The lowest BCUT2D eigenvalue weighted by Crippen LogP contribution is -1.75. The first-order valence-corrected chi connectivity index (χ1v) is 5.70. The number of hydrogen-bond acceptors (Lipinski definition) is 4. The Morgan fingerprint density at radius 3 is 2.69 bits per heavy atom. The summed E-state index contributed by atoms with van der Waals surface area (Å²) < 4.78 is 5.23. The fourth-order valence-corrected chi connectivity index (χ4v) is 2.02. The van der Waals surface area contributed by atoms with Gasteiger partial charge < -0.3 is 4.42 Å². The minimum atomic E-state index is 0.623.